The molecule has 0 saturated heterocycles. The summed E-state index contributed by atoms with van der Waals surface area (Å²) < 4.78 is 34.2. The number of ether oxygens (including phenoxy) is 6. The highest BCUT2D eigenvalue weighted by Crippen LogP contribution is 2.39. The van der Waals surface area contributed by atoms with Gasteiger partial charge in [0, 0.05) is 18.7 Å². The standard InChI is InChI=1S/C31H35N3O8S/c1-37-23-13-19(14-24(38-2)28(23)41-5)17-32-27(35)11-12-43-31-33-22-10-8-7-9-21(22)30(36)34(31)18-20-15-25(39-3)29(42-6)26(16-20)40-4/h7-10,13-16H,11-12,17-18H2,1-6H3,(H,32,35). The van der Waals surface area contributed by atoms with Gasteiger partial charge in [-0.3, -0.25) is 14.2 Å². The van der Waals surface area contributed by atoms with Gasteiger partial charge in [0.05, 0.1) is 60.1 Å². The number of methoxy groups -OCH3 is 6. The molecule has 0 aliphatic carbocycles. The van der Waals surface area contributed by atoms with Crippen LogP contribution in [0.1, 0.15) is 17.5 Å². The van der Waals surface area contributed by atoms with Gasteiger partial charge in [-0.05, 0) is 47.5 Å². The normalized spacial score (nSPS) is 10.7. The molecule has 4 rings (SSSR count). The van der Waals surface area contributed by atoms with Crippen molar-refractivity contribution in [1.29, 1.82) is 0 Å². The van der Waals surface area contributed by atoms with Crippen LogP contribution in [-0.2, 0) is 17.9 Å². The van der Waals surface area contributed by atoms with E-state index in [0.29, 0.717) is 56.3 Å². The number of fused-ring (bicyclic) bond motifs is 1. The lowest BCUT2D eigenvalue weighted by Crippen LogP contribution is -2.25. The molecular formula is C31H35N3O8S. The van der Waals surface area contributed by atoms with Crippen molar-refractivity contribution in [3.05, 3.63) is 70.0 Å². The molecule has 1 amide bonds. The zero-order chi connectivity index (χ0) is 30.9. The van der Waals surface area contributed by atoms with Crippen molar-refractivity contribution in [2.45, 2.75) is 24.7 Å². The molecule has 228 valence electrons. The molecule has 1 heterocycles. The Kier molecular flexibility index (Phi) is 10.6. The molecule has 0 bridgehead atoms. The zero-order valence-corrected chi connectivity index (χ0v) is 25.8. The van der Waals surface area contributed by atoms with Crippen LogP contribution in [0.5, 0.6) is 34.5 Å². The van der Waals surface area contributed by atoms with Gasteiger partial charge in [-0.15, -0.1) is 0 Å². The highest BCUT2D eigenvalue weighted by atomic mass is 32.2. The monoisotopic (exact) mass is 609 g/mol. The number of carbonyl (C=O) groups excluding carboxylic acids is 1. The Morgan fingerprint density at radius 3 is 1.86 bits per heavy atom. The molecule has 0 spiro atoms. The van der Waals surface area contributed by atoms with Gasteiger partial charge in [-0.25, -0.2) is 4.98 Å². The number of carbonyl (C=O) groups is 1. The number of thioether (sulfide) groups is 1. The summed E-state index contributed by atoms with van der Waals surface area (Å²) in [5, 5.41) is 3.92. The predicted molar refractivity (Wildman–Crippen MR) is 164 cm³/mol. The van der Waals surface area contributed by atoms with E-state index in [9.17, 15) is 9.59 Å². The van der Waals surface area contributed by atoms with E-state index < -0.39 is 0 Å². The van der Waals surface area contributed by atoms with Crippen molar-refractivity contribution in [1.82, 2.24) is 14.9 Å². The first-order valence-electron chi connectivity index (χ1n) is 13.3. The number of rotatable bonds is 14. The third-order valence-corrected chi connectivity index (χ3v) is 7.64. The number of nitrogens with zero attached hydrogens (tertiary/aromatic N) is 2. The van der Waals surface area contributed by atoms with Crippen LogP contribution in [0.2, 0.25) is 0 Å². The molecular weight excluding hydrogens is 574 g/mol. The van der Waals surface area contributed by atoms with Gasteiger partial charge >= 0.3 is 0 Å². The van der Waals surface area contributed by atoms with Crippen LogP contribution in [0, 0.1) is 0 Å². The van der Waals surface area contributed by atoms with Crippen LogP contribution >= 0.6 is 11.8 Å². The Bertz CT molecular complexity index is 1610. The van der Waals surface area contributed by atoms with Crippen molar-refractivity contribution < 1.29 is 33.2 Å². The summed E-state index contributed by atoms with van der Waals surface area (Å²) in [6.45, 7) is 0.489. The van der Waals surface area contributed by atoms with Gasteiger partial charge in [0.1, 0.15) is 0 Å². The summed E-state index contributed by atoms with van der Waals surface area (Å²) in [6.07, 6.45) is 0.210. The summed E-state index contributed by atoms with van der Waals surface area (Å²) >= 11 is 1.34. The number of aromatic nitrogens is 2. The van der Waals surface area contributed by atoms with Gasteiger partial charge in [0.25, 0.3) is 5.56 Å². The fourth-order valence-electron chi connectivity index (χ4n) is 4.57. The number of benzene rings is 3. The number of nitrogens with one attached hydrogen (secondary N) is 1. The quantitative estimate of drug-likeness (QED) is 0.164. The second kappa shape index (κ2) is 14.5. The number of para-hydroxylation sites is 1. The van der Waals surface area contributed by atoms with Gasteiger partial charge in [0.2, 0.25) is 17.4 Å². The molecule has 12 heteroatoms. The van der Waals surface area contributed by atoms with Crippen molar-refractivity contribution >= 4 is 28.6 Å². The maximum Gasteiger partial charge on any atom is 0.262 e. The molecule has 0 saturated carbocycles. The molecule has 0 unspecified atom stereocenters. The van der Waals surface area contributed by atoms with Crippen LogP contribution in [0.15, 0.2) is 58.5 Å². The first-order chi connectivity index (χ1) is 20.9. The third-order valence-electron chi connectivity index (χ3n) is 6.67. The smallest absolute Gasteiger partial charge is 0.262 e. The minimum Gasteiger partial charge on any atom is -0.493 e. The van der Waals surface area contributed by atoms with Gasteiger partial charge in [-0.2, -0.15) is 0 Å². The van der Waals surface area contributed by atoms with Crippen molar-refractivity contribution in [3.8, 4) is 34.5 Å². The van der Waals surface area contributed by atoms with Gasteiger partial charge in [0.15, 0.2) is 28.2 Å². The molecule has 1 N–H and O–H groups in total. The van der Waals surface area contributed by atoms with E-state index in [0.717, 1.165) is 11.1 Å². The maximum atomic E-state index is 13.6. The van der Waals surface area contributed by atoms with E-state index in [1.807, 2.05) is 6.07 Å². The van der Waals surface area contributed by atoms with Crippen LogP contribution in [0.4, 0.5) is 0 Å². The molecule has 11 nitrogen and oxygen atoms in total. The topological polar surface area (TPSA) is 119 Å². The zero-order valence-electron chi connectivity index (χ0n) is 25.0. The van der Waals surface area contributed by atoms with Gasteiger partial charge < -0.3 is 33.7 Å². The fraction of sp³-hybridized carbons (Fsp3) is 0.323. The number of hydrogen-bond acceptors (Lipinski definition) is 10. The SMILES string of the molecule is COc1cc(CNC(=O)CCSc2nc3ccccc3c(=O)n2Cc2cc(OC)c(OC)c(OC)c2)cc(OC)c1OC. The first kappa shape index (κ1) is 31.4. The summed E-state index contributed by atoms with van der Waals surface area (Å²) in [6, 6.07) is 14.4. The van der Waals surface area contributed by atoms with Crippen molar-refractivity contribution in [3.63, 3.8) is 0 Å². The fourth-order valence-corrected chi connectivity index (χ4v) is 5.50. The second-order valence-corrected chi connectivity index (χ2v) is 10.3. The van der Waals surface area contributed by atoms with Crippen LogP contribution in [-0.4, -0.2) is 63.9 Å². The van der Waals surface area contributed by atoms with Crippen molar-refractivity contribution in [2.24, 2.45) is 0 Å². The lowest BCUT2D eigenvalue weighted by Gasteiger charge is -2.17. The van der Waals surface area contributed by atoms with Crippen LogP contribution < -0.4 is 39.3 Å². The summed E-state index contributed by atoms with van der Waals surface area (Å²) in [7, 11) is 9.23. The Hall–Kier alpha value is -4.58. The average Bonchev–Trinajstić information content (AvgIpc) is 3.04. The first-order valence-corrected chi connectivity index (χ1v) is 14.3. The van der Waals surface area contributed by atoms with Crippen molar-refractivity contribution in [2.75, 3.05) is 48.4 Å². The Labute approximate surface area is 254 Å². The van der Waals surface area contributed by atoms with Gasteiger partial charge in [-0.1, -0.05) is 23.9 Å². The lowest BCUT2D eigenvalue weighted by atomic mass is 10.1. The molecule has 1 aromatic heterocycles. The molecule has 3 aromatic carbocycles. The predicted octanol–water partition coefficient (Wildman–Crippen LogP) is 4.30. The molecule has 0 aliphatic rings. The molecule has 43 heavy (non-hydrogen) atoms. The largest absolute Gasteiger partial charge is 0.493 e. The second-order valence-electron chi connectivity index (χ2n) is 9.25. The Balaban J connectivity index is 1.52. The van der Waals surface area contributed by atoms with E-state index in [2.05, 4.69) is 5.32 Å². The molecule has 0 fully saturated rings. The highest BCUT2D eigenvalue weighted by Gasteiger charge is 2.18. The highest BCUT2D eigenvalue weighted by molar-refractivity contribution is 7.99. The summed E-state index contributed by atoms with van der Waals surface area (Å²) in [5.74, 6) is 3.18. The van der Waals surface area contributed by atoms with Crippen LogP contribution in [0.25, 0.3) is 10.9 Å². The molecule has 4 aromatic rings. The van der Waals surface area contributed by atoms with E-state index in [4.69, 9.17) is 33.4 Å². The molecule has 0 aliphatic heterocycles. The van der Waals surface area contributed by atoms with E-state index in [-0.39, 0.29) is 31.0 Å². The van der Waals surface area contributed by atoms with E-state index in [1.165, 1.54) is 26.0 Å². The summed E-state index contributed by atoms with van der Waals surface area (Å²) in [4.78, 5) is 31.1. The maximum absolute atomic E-state index is 13.6. The Morgan fingerprint density at radius 2 is 1.33 bits per heavy atom. The third kappa shape index (κ3) is 7.08. The summed E-state index contributed by atoms with van der Waals surface area (Å²) in [5.41, 5.74) is 1.96. The lowest BCUT2D eigenvalue weighted by molar-refractivity contribution is -0.120. The number of hydrogen-bond donors (Lipinski definition) is 1. The molecule has 0 atom stereocenters. The van der Waals surface area contributed by atoms with Crippen LogP contribution in [0.3, 0.4) is 0 Å². The minimum absolute atomic E-state index is 0.152. The average molecular weight is 610 g/mol. The minimum atomic E-state index is -0.186. The Morgan fingerprint density at radius 1 is 0.791 bits per heavy atom. The van der Waals surface area contributed by atoms with E-state index >= 15 is 0 Å². The number of amides is 1. The molecule has 0 radical (unpaired) electrons. The van der Waals surface area contributed by atoms with E-state index in [1.54, 1.807) is 75.5 Å².